The van der Waals surface area contributed by atoms with Crippen LogP contribution in [0.5, 0.6) is 0 Å². The molecule has 0 radical (unpaired) electrons. The Labute approximate surface area is 84.2 Å². The molecule has 0 bridgehead atoms. The van der Waals surface area contributed by atoms with Gasteiger partial charge in [-0.15, -0.1) is 0 Å². The molecule has 1 unspecified atom stereocenters. The summed E-state index contributed by atoms with van der Waals surface area (Å²) in [5.74, 6) is 0. The molecule has 0 saturated carbocycles. The van der Waals surface area contributed by atoms with Crippen molar-refractivity contribution in [2.75, 3.05) is 6.61 Å². The average Bonchev–Trinajstić information content (AvgIpc) is 2.72. The summed E-state index contributed by atoms with van der Waals surface area (Å²) in [6.07, 6.45) is 5.73. The molecule has 1 aliphatic rings. The zero-order valence-corrected chi connectivity index (χ0v) is 8.06. The zero-order chi connectivity index (χ0) is 9.64. The van der Waals surface area contributed by atoms with Gasteiger partial charge in [-0.05, 0) is 18.1 Å². The quantitative estimate of drug-likeness (QED) is 0.682. The Hall–Kier alpha value is -1.28. The van der Waals surface area contributed by atoms with Gasteiger partial charge in [0, 0.05) is 6.42 Å². The first-order valence-electron chi connectivity index (χ1n) is 4.94. The van der Waals surface area contributed by atoms with Crippen LogP contribution in [0.25, 0.3) is 6.08 Å². The highest BCUT2D eigenvalue weighted by Crippen LogP contribution is 2.13. The summed E-state index contributed by atoms with van der Waals surface area (Å²) in [7, 11) is 0. The van der Waals surface area contributed by atoms with Gasteiger partial charge in [-0.25, -0.2) is 0 Å². The third-order valence-electron chi connectivity index (χ3n) is 2.18. The van der Waals surface area contributed by atoms with Gasteiger partial charge in [0.25, 0.3) is 0 Å². The molecule has 14 heavy (non-hydrogen) atoms. The molecule has 1 aromatic carbocycles. The maximum atomic E-state index is 5.40. The molecule has 0 amide bonds. The van der Waals surface area contributed by atoms with Crippen molar-refractivity contribution in [1.82, 2.24) is 0 Å². The van der Waals surface area contributed by atoms with Crippen molar-refractivity contribution in [3.05, 3.63) is 42.2 Å². The van der Waals surface area contributed by atoms with Crippen LogP contribution in [-0.4, -0.2) is 12.9 Å². The SMILES string of the molecule is C(=Cc1ccccc1)OC1CCCO1. The van der Waals surface area contributed by atoms with E-state index in [0.717, 1.165) is 25.0 Å². The van der Waals surface area contributed by atoms with E-state index in [1.807, 2.05) is 36.4 Å². The molecule has 1 fully saturated rings. The Balaban J connectivity index is 1.82. The van der Waals surface area contributed by atoms with Crippen LogP contribution in [0.15, 0.2) is 36.6 Å². The molecule has 0 aromatic heterocycles. The topological polar surface area (TPSA) is 18.5 Å². The van der Waals surface area contributed by atoms with Crippen molar-refractivity contribution in [2.24, 2.45) is 0 Å². The van der Waals surface area contributed by atoms with Gasteiger partial charge >= 0.3 is 0 Å². The van der Waals surface area contributed by atoms with Crippen molar-refractivity contribution < 1.29 is 9.47 Å². The summed E-state index contributed by atoms with van der Waals surface area (Å²) >= 11 is 0. The van der Waals surface area contributed by atoms with Gasteiger partial charge in [0.2, 0.25) is 0 Å². The van der Waals surface area contributed by atoms with Crippen LogP contribution in [0.4, 0.5) is 0 Å². The fraction of sp³-hybridized carbons (Fsp3) is 0.333. The summed E-state index contributed by atoms with van der Waals surface area (Å²) < 4.78 is 10.7. The molecule has 1 saturated heterocycles. The first kappa shape index (κ1) is 9.28. The van der Waals surface area contributed by atoms with Gasteiger partial charge in [0.05, 0.1) is 12.9 Å². The lowest BCUT2D eigenvalue weighted by atomic mass is 10.2. The van der Waals surface area contributed by atoms with Gasteiger partial charge in [-0.2, -0.15) is 0 Å². The monoisotopic (exact) mass is 190 g/mol. The number of hydrogen-bond acceptors (Lipinski definition) is 2. The summed E-state index contributed by atoms with van der Waals surface area (Å²) in [6.45, 7) is 0.823. The molecule has 1 heterocycles. The lowest BCUT2D eigenvalue weighted by molar-refractivity contribution is -0.0674. The Morgan fingerprint density at radius 3 is 2.86 bits per heavy atom. The van der Waals surface area contributed by atoms with E-state index >= 15 is 0 Å². The van der Waals surface area contributed by atoms with E-state index in [1.54, 1.807) is 6.26 Å². The molecule has 0 spiro atoms. The molecule has 2 heteroatoms. The summed E-state index contributed by atoms with van der Waals surface area (Å²) in [5.41, 5.74) is 1.14. The van der Waals surface area contributed by atoms with Crippen LogP contribution in [0.3, 0.4) is 0 Å². The smallest absolute Gasteiger partial charge is 0.198 e. The fourth-order valence-electron chi connectivity index (χ4n) is 1.43. The molecule has 74 valence electrons. The highest BCUT2D eigenvalue weighted by Gasteiger charge is 2.14. The van der Waals surface area contributed by atoms with E-state index in [1.165, 1.54) is 0 Å². The number of benzene rings is 1. The van der Waals surface area contributed by atoms with E-state index < -0.39 is 0 Å². The average molecular weight is 190 g/mol. The standard InChI is InChI=1S/C12H14O2/c1-2-5-11(6-3-1)8-10-14-12-7-4-9-13-12/h1-3,5-6,8,10,12H,4,7,9H2. The van der Waals surface area contributed by atoms with Crippen molar-refractivity contribution in [2.45, 2.75) is 19.1 Å². The largest absolute Gasteiger partial charge is 0.473 e. The van der Waals surface area contributed by atoms with Gasteiger partial charge in [-0.1, -0.05) is 30.3 Å². The lowest BCUT2D eigenvalue weighted by Crippen LogP contribution is -2.05. The Bertz CT molecular complexity index is 286. The third-order valence-corrected chi connectivity index (χ3v) is 2.18. The molecule has 0 N–H and O–H groups in total. The van der Waals surface area contributed by atoms with E-state index in [2.05, 4.69) is 0 Å². The summed E-state index contributed by atoms with van der Waals surface area (Å²) in [6, 6.07) is 10.1. The van der Waals surface area contributed by atoms with Crippen LogP contribution in [0.2, 0.25) is 0 Å². The normalized spacial score (nSPS) is 21.6. The second kappa shape index (κ2) is 4.82. The minimum atomic E-state index is -0.0324. The Morgan fingerprint density at radius 2 is 2.14 bits per heavy atom. The second-order valence-corrected chi connectivity index (χ2v) is 3.29. The van der Waals surface area contributed by atoms with Gasteiger partial charge in [0.15, 0.2) is 6.29 Å². The third kappa shape index (κ3) is 2.60. The second-order valence-electron chi connectivity index (χ2n) is 3.29. The minimum Gasteiger partial charge on any atom is -0.473 e. The molecule has 2 nitrogen and oxygen atoms in total. The number of ether oxygens (including phenoxy) is 2. The molecular weight excluding hydrogens is 176 g/mol. The maximum absolute atomic E-state index is 5.40. The van der Waals surface area contributed by atoms with Gasteiger partial charge in [-0.3, -0.25) is 0 Å². The Morgan fingerprint density at radius 1 is 1.29 bits per heavy atom. The molecule has 1 aromatic rings. The van der Waals surface area contributed by atoms with Gasteiger partial charge < -0.3 is 9.47 Å². The maximum Gasteiger partial charge on any atom is 0.198 e. The predicted molar refractivity (Wildman–Crippen MR) is 55.5 cm³/mol. The van der Waals surface area contributed by atoms with Crippen molar-refractivity contribution in [1.29, 1.82) is 0 Å². The molecule has 1 aliphatic heterocycles. The van der Waals surface area contributed by atoms with E-state index in [9.17, 15) is 0 Å². The fourth-order valence-corrected chi connectivity index (χ4v) is 1.43. The van der Waals surface area contributed by atoms with Crippen LogP contribution in [0.1, 0.15) is 18.4 Å². The molecule has 1 atom stereocenters. The predicted octanol–water partition coefficient (Wildman–Crippen LogP) is 2.81. The highest BCUT2D eigenvalue weighted by atomic mass is 16.7. The molecule has 2 rings (SSSR count). The van der Waals surface area contributed by atoms with Crippen LogP contribution < -0.4 is 0 Å². The van der Waals surface area contributed by atoms with Gasteiger partial charge in [0.1, 0.15) is 0 Å². The summed E-state index contributed by atoms with van der Waals surface area (Å²) in [5, 5.41) is 0. The number of rotatable bonds is 3. The Kier molecular flexibility index (Phi) is 3.19. The number of hydrogen-bond donors (Lipinski definition) is 0. The minimum absolute atomic E-state index is 0.0324. The lowest BCUT2D eigenvalue weighted by Gasteiger charge is -2.07. The van der Waals surface area contributed by atoms with E-state index in [4.69, 9.17) is 9.47 Å². The first-order chi connectivity index (χ1) is 6.95. The zero-order valence-electron chi connectivity index (χ0n) is 8.06. The first-order valence-corrected chi connectivity index (χ1v) is 4.94. The van der Waals surface area contributed by atoms with E-state index in [-0.39, 0.29) is 6.29 Å². The van der Waals surface area contributed by atoms with Crippen molar-refractivity contribution in [3.8, 4) is 0 Å². The van der Waals surface area contributed by atoms with E-state index in [0.29, 0.717) is 0 Å². The summed E-state index contributed by atoms with van der Waals surface area (Å²) in [4.78, 5) is 0. The highest BCUT2D eigenvalue weighted by molar-refractivity contribution is 5.47. The van der Waals surface area contributed by atoms with Crippen LogP contribution in [0, 0.1) is 0 Å². The molecular formula is C12H14O2. The van der Waals surface area contributed by atoms with Crippen LogP contribution in [-0.2, 0) is 9.47 Å². The van der Waals surface area contributed by atoms with Crippen molar-refractivity contribution >= 4 is 6.08 Å². The van der Waals surface area contributed by atoms with Crippen LogP contribution >= 0.6 is 0 Å². The molecule has 0 aliphatic carbocycles. The van der Waals surface area contributed by atoms with Crippen molar-refractivity contribution in [3.63, 3.8) is 0 Å².